The molecule has 1 fully saturated rings. The second-order valence-corrected chi connectivity index (χ2v) is 5.31. The summed E-state index contributed by atoms with van der Waals surface area (Å²) >= 11 is 0. The van der Waals surface area contributed by atoms with Gasteiger partial charge in [0.15, 0.2) is 5.78 Å². The van der Waals surface area contributed by atoms with E-state index >= 15 is 0 Å². The highest BCUT2D eigenvalue weighted by molar-refractivity contribution is 6.01. The molecule has 0 radical (unpaired) electrons. The van der Waals surface area contributed by atoms with Crippen LogP contribution in [0.4, 0.5) is 0 Å². The lowest BCUT2D eigenvalue weighted by Crippen LogP contribution is -2.40. The average Bonchev–Trinajstić information content (AvgIpc) is 2.29. The Morgan fingerprint density at radius 2 is 1.89 bits per heavy atom. The first-order chi connectivity index (χ1) is 8.45. The molecule has 2 rings (SSSR count). The van der Waals surface area contributed by atoms with Crippen molar-refractivity contribution in [2.24, 2.45) is 11.7 Å². The number of rotatable bonds is 3. The summed E-state index contributed by atoms with van der Waals surface area (Å²) in [5.41, 5.74) is 9.72. The molecule has 0 heterocycles. The predicted octanol–water partition coefficient (Wildman–Crippen LogP) is 2.54. The summed E-state index contributed by atoms with van der Waals surface area (Å²) in [5, 5.41) is 0. The van der Waals surface area contributed by atoms with E-state index in [4.69, 9.17) is 10.5 Å². The van der Waals surface area contributed by atoms with Crippen LogP contribution in [0.3, 0.4) is 0 Å². The van der Waals surface area contributed by atoms with Gasteiger partial charge in [0.1, 0.15) is 5.75 Å². The predicted molar refractivity (Wildman–Crippen MR) is 72.2 cm³/mol. The molecule has 0 bridgehead atoms. The third-order valence-corrected chi connectivity index (χ3v) is 4.06. The number of carbonyl (C=O) groups is 1. The Kier molecular flexibility index (Phi) is 3.44. The van der Waals surface area contributed by atoms with Gasteiger partial charge in [-0.05, 0) is 56.4 Å². The zero-order valence-corrected chi connectivity index (χ0v) is 11.5. The Morgan fingerprint density at radius 1 is 1.28 bits per heavy atom. The Labute approximate surface area is 108 Å². The van der Waals surface area contributed by atoms with Crippen LogP contribution in [0.25, 0.3) is 0 Å². The molecule has 3 nitrogen and oxygen atoms in total. The topological polar surface area (TPSA) is 52.3 Å². The molecule has 1 aliphatic rings. The molecule has 0 spiro atoms. The van der Waals surface area contributed by atoms with E-state index in [0.717, 1.165) is 40.8 Å². The van der Waals surface area contributed by atoms with Crippen LogP contribution < -0.4 is 10.5 Å². The third-order valence-electron chi connectivity index (χ3n) is 4.06. The van der Waals surface area contributed by atoms with Crippen LogP contribution >= 0.6 is 0 Å². The number of methoxy groups -OCH3 is 1. The van der Waals surface area contributed by atoms with Gasteiger partial charge in [0, 0.05) is 17.5 Å². The van der Waals surface area contributed by atoms with Crippen molar-refractivity contribution in [3.63, 3.8) is 0 Å². The molecule has 0 aliphatic heterocycles. The molecule has 98 valence electrons. The summed E-state index contributed by atoms with van der Waals surface area (Å²) in [6.45, 7) is 5.97. The Morgan fingerprint density at radius 3 is 2.39 bits per heavy atom. The first-order valence-corrected chi connectivity index (χ1v) is 6.40. The number of carbonyl (C=O) groups excluding carboxylic acids is 1. The van der Waals surface area contributed by atoms with E-state index in [1.807, 2.05) is 26.8 Å². The summed E-state index contributed by atoms with van der Waals surface area (Å²) in [4.78, 5) is 12.5. The molecule has 0 amide bonds. The van der Waals surface area contributed by atoms with Crippen molar-refractivity contribution in [1.29, 1.82) is 0 Å². The minimum atomic E-state index is 0.116. The summed E-state index contributed by atoms with van der Waals surface area (Å²) < 4.78 is 5.33. The van der Waals surface area contributed by atoms with Gasteiger partial charge in [-0.3, -0.25) is 4.79 Å². The molecule has 3 heteroatoms. The Balaban J connectivity index is 2.39. The summed E-state index contributed by atoms with van der Waals surface area (Å²) in [5.74, 6) is 1.22. The molecule has 1 aliphatic carbocycles. The molecular weight excluding hydrogens is 226 g/mol. The van der Waals surface area contributed by atoms with Gasteiger partial charge in [0.25, 0.3) is 0 Å². The molecule has 18 heavy (non-hydrogen) atoms. The Bertz CT molecular complexity index is 488. The van der Waals surface area contributed by atoms with Crippen LogP contribution in [-0.2, 0) is 0 Å². The molecule has 0 unspecified atom stereocenters. The molecular formula is C15H21NO2. The number of benzene rings is 1. The summed E-state index contributed by atoms with van der Waals surface area (Å²) in [6.07, 6.45) is 1.64. The van der Waals surface area contributed by atoms with Gasteiger partial charge in [-0.25, -0.2) is 0 Å². The lowest BCUT2D eigenvalue weighted by molar-refractivity contribution is 0.0831. The molecule has 1 saturated carbocycles. The van der Waals surface area contributed by atoms with Crippen LogP contribution in [0.5, 0.6) is 5.75 Å². The van der Waals surface area contributed by atoms with E-state index in [1.54, 1.807) is 7.11 Å². The van der Waals surface area contributed by atoms with Gasteiger partial charge in [-0.15, -0.1) is 0 Å². The lowest BCUT2D eigenvalue weighted by atomic mass is 9.74. The zero-order chi connectivity index (χ0) is 13.4. The second kappa shape index (κ2) is 4.73. The van der Waals surface area contributed by atoms with Gasteiger partial charge in [-0.2, -0.15) is 0 Å². The number of Topliss-reactive ketones (excluding diaryl/α,β-unsaturated/α-hetero) is 1. The first kappa shape index (κ1) is 13.1. The quantitative estimate of drug-likeness (QED) is 0.835. The highest BCUT2D eigenvalue weighted by Crippen LogP contribution is 2.34. The van der Waals surface area contributed by atoms with E-state index in [-0.39, 0.29) is 17.7 Å². The van der Waals surface area contributed by atoms with Crippen molar-refractivity contribution in [3.05, 3.63) is 28.3 Å². The minimum Gasteiger partial charge on any atom is -0.496 e. The third kappa shape index (κ3) is 2.03. The van der Waals surface area contributed by atoms with Crippen molar-refractivity contribution in [3.8, 4) is 5.75 Å². The van der Waals surface area contributed by atoms with Crippen molar-refractivity contribution >= 4 is 5.78 Å². The molecule has 0 saturated heterocycles. The first-order valence-electron chi connectivity index (χ1n) is 6.40. The standard InChI is InChI=1S/C15H21NO2/c1-8-5-13(18-4)9(2)10(3)14(8)15(17)11-6-12(16)7-11/h5,11-12H,6-7,16H2,1-4H3. The summed E-state index contributed by atoms with van der Waals surface area (Å²) in [6, 6.07) is 2.16. The van der Waals surface area contributed by atoms with E-state index in [2.05, 4.69) is 0 Å². The highest BCUT2D eigenvalue weighted by Gasteiger charge is 2.34. The minimum absolute atomic E-state index is 0.116. The number of ether oxygens (including phenoxy) is 1. The maximum Gasteiger partial charge on any atom is 0.166 e. The fraction of sp³-hybridized carbons (Fsp3) is 0.533. The molecule has 0 atom stereocenters. The van der Waals surface area contributed by atoms with Crippen molar-refractivity contribution in [2.75, 3.05) is 7.11 Å². The van der Waals surface area contributed by atoms with E-state index in [1.165, 1.54) is 0 Å². The summed E-state index contributed by atoms with van der Waals surface area (Å²) in [7, 11) is 1.66. The lowest BCUT2D eigenvalue weighted by Gasteiger charge is -2.32. The van der Waals surface area contributed by atoms with Gasteiger partial charge in [0.2, 0.25) is 0 Å². The van der Waals surface area contributed by atoms with Crippen LogP contribution in [-0.4, -0.2) is 18.9 Å². The van der Waals surface area contributed by atoms with Crippen LogP contribution in [0, 0.1) is 26.7 Å². The Hall–Kier alpha value is -1.35. The van der Waals surface area contributed by atoms with Crippen molar-refractivity contribution in [1.82, 2.24) is 0 Å². The van der Waals surface area contributed by atoms with E-state index in [9.17, 15) is 4.79 Å². The van der Waals surface area contributed by atoms with Gasteiger partial charge < -0.3 is 10.5 Å². The second-order valence-electron chi connectivity index (χ2n) is 5.31. The molecule has 0 aromatic heterocycles. The van der Waals surface area contributed by atoms with Crippen LogP contribution in [0.1, 0.15) is 39.9 Å². The number of hydrogen-bond donors (Lipinski definition) is 1. The van der Waals surface area contributed by atoms with Gasteiger partial charge in [0.05, 0.1) is 7.11 Å². The maximum absolute atomic E-state index is 12.5. The number of hydrogen-bond acceptors (Lipinski definition) is 3. The zero-order valence-electron chi connectivity index (χ0n) is 11.5. The van der Waals surface area contributed by atoms with Crippen molar-refractivity contribution in [2.45, 2.75) is 39.7 Å². The van der Waals surface area contributed by atoms with Crippen LogP contribution in [0.15, 0.2) is 6.07 Å². The highest BCUT2D eigenvalue weighted by atomic mass is 16.5. The van der Waals surface area contributed by atoms with Gasteiger partial charge >= 0.3 is 0 Å². The normalized spacial score (nSPS) is 22.5. The monoisotopic (exact) mass is 247 g/mol. The largest absolute Gasteiger partial charge is 0.496 e. The van der Waals surface area contributed by atoms with Crippen LogP contribution in [0.2, 0.25) is 0 Å². The maximum atomic E-state index is 12.5. The average molecular weight is 247 g/mol. The fourth-order valence-electron chi connectivity index (χ4n) is 2.72. The van der Waals surface area contributed by atoms with Gasteiger partial charge in [-0.1, -0.05) is 0 Å². The smallest absolute Gasteiger partial charge is 0.166 e. The van der Waals surface area contributed by atoms with E-state index < -0.39 is 0 Å². The number of ketones is 1. The molecule has 1 aromatic carbocycles. The number of aryl methyl sites for hydroxylation is 1. The van der Waals surface area contributed by atoms with Crippen molar-refractivity contribution < 1.29 is 9.53 Å². The van der Waals surface area contributed by atoms with E-state index in [0.29, 0.717) is 0 Å². The number of nitrogens with two attached hydrogens (primary N) is 1. The SMILES string of the molecule is COc1cc(C)c(C(=O)C2CC(N)C2)c(C)c1C. The fourth-order valence-corrected chi connectivity index (χ4v) is 2.72. The molecule has 2 N–H and O–H groups in total. The molecule has 1 aromatic rings.